The van der Waals surface area contributed by atoms with E-state index in [1.807, 2.05) is 0 Å². The second-order valence-electron chi connectivity index (χ2n) is 10.3. The summed E-state index contributed by atoms with van der Waals surface area (Å²) in [6.07, 6.45) is 9.07. The molecule has 0 saturated heterocycles. The fraction of sp³-hybridized carbons (Fsp3) is 0.640. The van der Waals surface area contributed by atoms with E-state index in [1.54, 1.807) is 18.2 Å². The summed E-state index contributed by atoms with van der Waals surface area (Å²) in [4.78, 5) is 36.5. The highest BCUT2D eigenvalue weighted by Gasteiger charge is 2.34. The maximum Gasteiger partial charge on any atom is 0.320 e. The Labute approximate surface area is 189 Å². The average molecular weight is 446 g/mol. The highest BCUT2D eigenvalue weighted by molar-refractivity contribution is 5.77. The predicted octanol–water partition coefficient (Wildman–Crippen LogP) is 4.39. The molecule has 0 amide bonds. The Morgan fingerprint density at radius 2 is 1.38 bits per heavy atom. The van der Waals surface area contributed by atoms with Crippen LogP contribution in [0.3, 0.4) is 0 Å². The van der Waals surface area contributed by atoms with Crippen LogP contribution < -0.4 is 15.2 Å². The Bertz CT molecular complexity index is 852. The number of benzene rings is 1. The number of aliphatic carboxylic acids is 1. The van der Waals surface area contributed by atoms with Gasteiger partial charge in [0.2, 0.25) is 0 Å². The van der Waals surface area contributed by atoms with Crippen LogP contribution in [0, 0.1) is 10.8 Å². The van der Waals surface area contributed by atoms with Gasteiger partial charge in [0.25, 0.3) is 0 Å². The minimum atomic E-state index is -1.11. The average Bonchev–Trinajstić information content (AvgIpc) is 3.31. The van der Waals surface area contributed by atoms with Crippen molar-refractivity contribution in [3.63, 3.8) is 0 Å². The molecule has 2 saturated carbocycles. The van der Waals surface area contributed by atoms with Gasteiger partial charge in [-0.05, 0) is 60.6 Å². The lowest BCUT2D eigenvalue weighted by atomic mass is 9.85. The van der Waals surface area contributed by atoms with E-state index < -0.39 is 12.0 Å². The van der Waals surface area contributed by atoms with Gasteiger partial charge < -0.3 is 20.3 Å². The van der Waals surface area contributed by atoms with Gasteiger partial charge in [-0.3, -0.25) is 14.4 Å². The minimum Gasteiger partial charge on any atom is -0.480 e. The molecule has 32 heavy (non-hydrogen) atoms. The van der Waals surface area contributed by atoms with Gasteiger partial charge in [-0.25, -0.2) is 0 Å². The van der Waals surface area contributed by atoms with Crippen LogP contribution in [-0.4, -0.2) is 29.1 Å². The topological polar surface area (TPSA) is 116 Å². The molecule has 0 bridgehead atoms. The maximum atomic E-state index is 12.7. The van der Waals surface area contributed by atoms with Gasteiger partial charge in [-0.15, -0.1) is 0 Å². The highest BCUT2D eigenvalue weighted by atomic mass is 16.6. The molecular weight excluding hydrogens is 410 g/mol. The first kappa shape index (κ1) is 24.2. The molecule has 2 fully saturated rings. The van der Waals surface area contributed by atoms with Crippen molar-refractivity contribution >= 4 is 17.9 Å². The molecule has 0 aliphatic heterocycles. The van der Waals surface area contributed by atoms with Crippen LogP contribution in [0.15, 0.2) is 18.2 Å². The van der Waals surface area contributed by atoms with Crippen LogP contribution in [-0.2, 0) is 20.8 Å². The monoisotopic (exact) mass is 445 g/mol. The van der Waals surface area contributed by atoms with E-state index in [-0.39, 0.29) is 47.1 Å². The van der Waals surface area contributed by atoms with Gasteiger partial charge in [-0.2, -0.15) is 0 Å². The molecule has 2 aliphatic carbocycles. The zero-order valence-electron chi connectivity index (χ0n) is 19.2. The Kier molecular flexibility index (Phi) is 7.59. The number of nitrogens with two attached hydrogens (primary N) is 1. The summed E-state index contributed by atoms with van der Waals surface area (Å²) in [6, 6.07) is 3.68. The summed E-state index contributed by atoms with van der Waals surface area (Å²) < 4.78 is 11.3. The summed E-state index contributed by atoms with van der Waals surface area (Å²) in [5.74, 6) is -1.54. The third kappa shape index (κ3) is 6.55. The summed E-state index contributed by atoms with van der Waals surface area (Å²) in [5, 5.41) is 9.10. The van der Waals surface area contributed by atoms with Crippen molar-refractivity contribution in [2.75, 3.05) is 0 Å². The van der Waals surface area contributed by atoms with Crippen LogP contribution in [0.5, 0.6) is 11.5 Å². The second-order valence-corrected chi connectivity index (χ2v) is 10.3. The summed E-state index contributed by atoms with van der Waals surface area (Å²) in [5.41, 5.74) is 6.12. The van der Waals surface area contributed by atoms with Crippen LogP contribution in [0.1, 0.15) is 83.6 Å². The summed E-state index contributed by atoms with van der Waals surface area (Å²) >= 11 is 0. The van der Waals surface area contributed by atoms with Crippen LogP contribution in [0.25, 0.3) is 0 Å². The van der Waals surface area contributed by atoms with E-state index >= 15 is 0 Å². The number of ether oxygens (including phenoxy) is 2. The molecule has 0 radical (unpaired) electrons. The van der Waals surface area contributed by atoms with Crippen molar-refractivity contribution in [1.29, 1.82) is 0 Å². The lowest BCUT2D eigenvalue weighted by Crippen LogP contribution is -2.32. The molecule has 0 unspecified atom stereocenters. The number of rotatable bonds is 9. The van der Waals surface area contributed by atoms with Gasteiger partial charge in [0, 0.05) is 0 Å². The SMILES string of the molecule is CC1(CC(=O)Oc2ccc(C[C@H](N)C(=O)O)cc2OC(=O)CC2(C)CCCC2)CCCC1. The molecular formula is C25H35NO6. The number of carboxylic acid groups (broad SMARTS) is 1. The number of esters is 2. The number of carbonyl (C=O) groups is 3. The van der Waals surface area contributed by atoms with Crippen LogP contribution >= 0.6 is 0 Å². The first-order valence-electron chi connectivity index (χ1n) is 11.6. The highest BCUT2D eigenvalue weighted by Crippen LogP contribution is 2.42. The van der Waals surface area contributed by atoms with Gasteiger partial charge in [0.05, 0.1) is 12.8 Å². The Morgan fingerprint density at radius 3 is 1.84 bits per heavy atom. The number of carboxylic acids is 1. The van der Waals surface area contributed by atoms with E-state index in [1.165, 1.54) is 0 Å². The lowest BCUT2D eigenvalue weighted by Gasteiger charge is -2.23. The number of hydrogen-bond acceptors (Lipinski definition) is 6. The molecule has 1 atom stereocenters. The molecule has 0 aromatic heterocycles. The maximum absolute atomic E-state index is 12.7. The van der Waals surface area contributed by atoms with E-state index in [2.05, 4.69) is 13.8 Å². The molecule has 1 aromatic carbocycles. The number of hydrogen-bond donors (Lipinski definition) is 2. The van der Waals surface area contributed by atoms with Crippen molar-refractivity contribution in [3.8, 4) is 11.5 Å². The molecule has 2 aliphatic rings. The van der Waals surface area contributed by atoms with Crippen LogP contribution in [0.4, 0.5) is 0 Å². The Hall–Kier alpha value is -2.41. The van der Waals surface area contributed by atoms with Gasteiger partial charge in [-0.1, -0.05) is 45.6 Å². The van der Waals surface area contributed by atoms with Crippen molar-refractivity contribution in [1.82, 2.24) is 0 Å². The largest absolute Gasteiger partial charge is 0.480 e. The summed E-state index contributed by atoms with van der Waals surface area (Å²) in [6.45, 7) is 4.19. The van der Waals surface area contributed by atoms with E-state index in [0.717, 1.165) is 51.4 Å². The molecule has 7 heteroatoms. The van der Waals surface area contributed by atoms with E-state index in [0.29, 0.717) is 12.0 Å². The molecule has 176 valence electrons. The minimum absolute atomic E-state index is 0.0564. The third-order valence-electron chi connectivity index (χ3n) is 6.99. The van der Waals surface area contributed by atoms with Crippen molar-refractivity contribution in [2.45, 2.75) is 90.5 Å². The zero-order valence-corrected chi connectivity index (χ0v) is 19.2. The first-order valence-corrected chi connectivity index (χ1v) is 11.6. The van der Waals surface area contributed by atoms with Crippen molar-refractivity contribution < 1.29 is 29.0 Å². The quantitative estimate of drug-likeness (QED) is 0.428. The van der Waals surface area contributed by atoms with Crippen LogP contribution in [0.2, 0.25) is 0 Å². The van der Waals surface area contributed by atoms with Gasteiger partial charge >= 0.3 is 17.9 Å². The second kappa shape index (κ2) is 10.0. The Morgan fingerprint density at radius 1 is 0.906 bits per heavy atom. The fourth-order valence-electron chi connectivity index (χ4n) is 5.01. The molecule has 0 spiro atoms. The molecule has 1 aromatic rings. The molecule has 3 rings (SSSR count). The normalized spacial score (nSPS) is 20.0. The van der Waals surface area contributed by atoms with E-state index in [4.69, 9.17) is 20.3 Å². The van der Waals surface area contributed by atoms with E-state index in [9.17, 15) is 14.4 Å². The first-order chi connectivity index (χ1) is 15.1. The lowest BCUT2D eigenvalue weighted by molar-refractivity contribution is -0.139. The zero-order chi connectivity index (χ0) is 23.4. The molecule has 7 nitrogen and oxygen atoms in total. The third-order valence-corrected chi connectivity index (χ3v) is 6.99. The predicted molar refractivity (Wildman–Crippen MR) is 119 cm³/mol. The standard InChI is InChI=1S/C25H35NO6/c1-24(9-3-4-10-24)15-21(27)31-19-8-7-17(13-18(26)23(29)30)14-20(19)32-22(28)16-25(2)11-5-6-12-25/h7-8,14,18H,3-6,9-13,15-16,26H2,1-2H3,(H,29,30)/t18-/m0/s1. The van der Waals surface area contributed by atoms with Gasteiger partial charge in [0.15, 0.2) is 11.5 Å². The Balaban J connectivity index is 1.75. The fourth-order valence-corrected chi connectivity index (χ4v) is 5.01. The smallest absolute Gasteiger partial charge is 0.320 e. The van der Waals surface area contributed by atoms with Crippen molar-refractivity contribution in [2.24, 2.45) is 16.6 Å². The van der Waals surface area contributed by atoms with Gasteiger partial charge in [0.1, 0.15) is 6.04 Å². The molecule has 3 N–H and O–H groups in total. The number of carbonyl (C=O) groups excluding carboxylic acids is 2. The summed E-state index contributed by atoms with van der Waals surface area (Å²) in [7, 11) is 0. The van der Waals surface area contributed by atoms with Crippen molar-refractivity contribution in [3.05, 3.63) is 23.8 Å². The molecule has 0 heterocycles.